The van der Waals surface area contributed by atoms with E-state index in [9.17, 15) is 9.59 Å². The van der Waals surface area contributed by atoms with Crippen LogP contribution in [0.3, 0.4) is 0 Å². The topological polar surface area (TPSA) is 67.7 Å². The molecule has 0 spiro atoms. The zero-order chi connectivity index (χ0) is 15.0. The van der Waals surface area contributed by atoms with Crippen molar-refractivity contribution in [3.63, 3.8) is 0 Å². The predicted molar refractivity (Wildman–Crippen MR) is 74.7 cm³/mol. The Bertz CT molecular complexity index is 569. The van der Waals surface area contributed by atoms with E-state index in [0.717, 1.165) is 11.4 Å². The molecule has 0 bridgehead atoms. The summed E-state index contributed by atoms with van der Waals surface area (Å²) in [6, 6.07) is 2.02. The van der Waals surface area contributed by atoms with E-state index in [4.69, 9.17) is 4.74 Å². The molecule has 1 aromatic rings. The number of cyclic esters (lactones) is 1. The second kappa shape index (κ2) is 5.38. The molecule has 7 nitrogen and oxygen atoms in total. The summed E-state index contributed by atoms with van der Waals surface area (Å²) < 4.78 is 6.88. The Morgan fingerprint density at radius 2 is 2.24 bits per heavy atom. The Balaban J connectivity index is 1.54. The van der Waals surface area contributed by atoms with Crippen LogP contribution < -0.4 is 0 Å². The molecule has 3 rings (SSSR count). The van der Waals surface area contributed by atoms with Crippen LogP contribution in [0, 0.1) is 13.8 Å². The van der Waals surface area contributed by atoms with Crippen LogP contribution >= 0.6 is 0 Å². The third-order valence-electron chi connectivity index (χ3n) is 4.11. The maximum atomic E-state index is 12.3. The Kier molecular flexibility index (Phi) is 3.57. The number of hydrogen-bond donors (Lipinski definition) is 0. The van der Waals surface area contributed by atoms with Gasteiger partial charge in [-0.2, -0.15) is 5.10 Å². The molecule has 1 aromatic heterocycles. The van der Waals surface area contributed by atoms with Crippen LogP contribution in [0.15, 0.2) is 6.07 Å². The molecule has 0 radical (unpaired) electrons. The monoisotopic (exact) mass is 292 g/mol. The fourth-order valence-corrected chi connectivity index (χ4v) is 2.98. The van der Waals surface area contributed by atoms with Gasteiger partial charge in [-0.05, 0) is 19.9 Å². The van der Waals surface area contributed by atoms with Crippen molar-refractivity contribution in [2.75, 3.05) is 26.2 Å². The van der Waals surface area contributed by atoms with Gasteiger partial charge in [0.15, 0.2) is 0 Å². The van der Waals surface area contributed by atoms with Gasteiger partial charge < -0.3 is 9.64 Å². The molecule has 2 amide bonds. The van der Waals surface area contributed by atoms with E-state index in [1.807, 2.05) is 29.5 Å². The van der Waals surface area contributed by atoms with Gasteiger partial charge in [0.2, 0.25) is 5.91 Å². The molecule has 3 heterocycles. The highest BCUT2D eigenvalue weighted by Crippen LogP contribution is 2.18. The zero-order valence-corrected chi connectivity index (χ0v) is 12.4. The van der Waals surface area contributed by atoms with E-state index in [2.05, 4.69) is 5.10 Å². The summed E-state index contributed by atoms with van der Waals surface area (Å²) in [6.45, 7) is 6.64. The van der Waals surface area contributed by atoms with E-state index >= 15 is 0 Å². The summed E-state index contributed by atoms with van der Waals surface area (Å²) in [7, 11) is 0. The molecular formula is C14H20N4O3. The van der Waals surface area contributed by atoms with Gasteiger partial charge in [0.05, 0.1) is 11.7 Å². The largest absolute Gasteiger partial charge is 0.447 e. The molecule has 7 heteroatoms. The number of hydrogen-bond acceptors (Lipinski definition) is 4. The highest BCUT2D eigenvalue weighted by Gasteiger charge is 2.38. The van der Waals surface area contributed by atoms with Gasteiger partial charge >= 0.3 is 6.09 Å². The van der Waals surface area contributed by atoms with Gasteiger partial charge in [-0.15, -0.1) is 0 Å². The number of nitrogens with zero attached hydrogens (tertiary/aromatic N) is 4. The Morgan fingerprint density at radius 1 is 1.43 bits per heavy atom. The van der Waals surface area contributed by atoms with Crippen LogP contribution in [0.1, 0.15) is 17.8 Å². The van der Waals surface area contributed by atoms with Gasteiger partial charge in [0.1, 0.15) is 6.61 Å². The molecular weight excluding hydrogens is 272 g/mol. The molecule has 0 aromatic carbocycles. The smallest absolute Gasteiger partial charge is 0.410 e. The molecule has 2 saturated heterocycles. The second-order valence-corrected chi connectivity index (χ2v) is 5.66. The minimum Gasteiger partial charge on any atom is -0.447 e. The fraction of sp³-hybridized carbons (Fsp3) is 0.643. The molecule has 21 heavy (non-hydrogen) atoms. The van der Waals surface area contributed by atoms with Crippen LogP contribution in [-0.2, 0) is 16.1 Å². The minimum atomic E-state index is -0.255. The summed E-state index contributed by atoms with van der Waals surface area (Å²) in [5.41, 5.74) is 2.04. The summed E-state index contributed by atoms with van der Waals surface area (Å²) in [5, 5.41) is 4.36. The van der Waals surface area contributed by atoms with E-state index < -0.39 is 0 Å². The van der Waals surface area contributed by atoms with Crippen molar-refractivity contribution >= 4 is 12.0 Å². The molecule has 0 saturated carbocycles. The molecule has 1 atom stereocenters. The third-order valence-corrected chi connectivity index (χ3v) is 4.11. The van der Waals surface area contributed by atoms with Gasteiger partial charge in [0, 0.05) is 38.3 Å². The number of carbonyl (C=O) groups excluding carboxylic acids is 2. The van der Waals surface area contributed by atoms with Crippen molar-refractivity contribution in [1.82, 2.24) is 19.6 Å². The molecule has 0 aliphatic carbocycles. The van der Waals surface area contributed by atoms with Crippen molar-refractivity contribution in [2.24, 2.45) is 0 Å². The third kappa shape index (κ3) is 2.72. The summed E-state index contributed by atoms with van der Waals surface area (Å²) in [5.74, 6) is 0.113. The first kappa shape index (κ1) is 13.9. The predicted octanol–water partition coefficient (Wildman–Crippen LogP) is 0.553. The second-order valence-electron chi connectivity index (χ2n) is 5.66. The van der Waals surface area contributed by atoms with Gasteiger partial charge in [-0.25, -0.2) is 4.79 Å². The van der Waals surface area contributed by atoms with Crippen molar-refractivity contribution in [3.05, 3.63) is 17.5 Å². The Morgan fingerprint density at radius 3 is 2.95 bits per heavy atom. The lowest BCUT2D eigenvalue weighted by Crippen LogP contribution is -2.53. The first-order valence-electron chi connectivity index (χ1n) is 7.27. The van der Waals surface area contributed by atoms with Crippen LogP contribution in [-0.4, -0.2) is 63.9 Å². The number of aryl methyl sites for hydroxylation is 3. The normalized spacial score (nSPS) is 21.4. The molecule has 1 unspecified atom stereocenters. The lowest BCUT2D eigenvalue weighted by Gasteiger charge is -2.35. The van der Waals surface area contributed by atoms with Crippen LogP contribution in [0.4, 0.5) is 4.79 Å². The van der Waals surface area contributed by atoms with Gasteiger partial charge in [0.25, 0.3) is 0 Å². The average molecular weight is 292 g/mol. The number of aromatic nitrogens is 2. The number of amides is 2. The fourth-order valence-electron chi connectivity index (χ4n) is 2.98. The standard InChI is InChI=1S/C14H20N4O3/c1-10-7-11(2)18(15-10)4-3-13(19)16-5-6-17-12(8-16)9-21-14(17)20/h7,12H,3-6,8-9H2,1-2H3. The van der Waals surface area contributed by atoms with Crippen LogP contribution in [0.5, 0.6) is 0 Å². The maximum absolute atomic E-state index is 12.3. The zero-order valence-electron chi connectivity index (χ0n) is 12.4. The lowest BCUT2D eigenvalue weighted by molar-refractivity contribution is -0.133. The number of fused-ring (bicyclic) bond motifs is 1. The Hall–Kier alpha value is -2.05. The summed E-state index contributed by atoms with van der Waals surface area (Å²) in [4.78, 5) is 27.3. The van der Waals surface area contributed by atoms with Crippen molar-refractivity contribution in [2.45, 2.75) is 32.9 Å². The van der Waals surface area contributed by atoms with Gasteiger partial charge in [-0.1, -0.05) is 0 Å². The number of rotatable bonds is 3. The highest BCUT2D eigenvalue weighted by atomic mass is 16.6. The molecule has 114 valence electrons. The summed E-state index contributed by atoms with van der Waals surface area (Å²) >= 11 is 0. The van der Waals surface area contributed by atoms with Crippen LogP contribution in [0.25, 0.3) is 0 Å². The number of carbonyl (C=O) groups is 2. The molecule has 0 N–H and O–H groups in total. The highest BCUT2D eigenvalue weighted by molar-refractivity contribution is 5.77. The van der Waals surface area contributed by atoms with Crippen molar-refractivity contribution < 1.29 is 14.3 Å². The minimum absolute atomic E-state index is 0.0175. The number of piperazine rings is 1. The van der Waals surface area contributed by atoms with Gasteiger partial charge in [-0.3, -0.25) is 14.4 Å². The number of ether oxygens (including phenoxy) is 1. The van der Waals surface area contributed by atoms with E-state index in [1.54, 1.807) is 4.90 Å². The Labute approximate surface area is 123 Å². The first-order chi connectivity index (χ1) is 10.0. The van der Waals surface area contributed by atoms with Crippen molar-refractivity contribution in [3.8, 4) is 0 Å². The van der Waals surface area contributed by atoms with Crippen LogP contribution in [0.2, 0.25) is 0 Å². The molecule has 2 aliphatic rings. The molecule has 2 aliphatic heterocycles. The van der Waals surface area contributed by atoms with E-state index in [-0.39, 0.29) is 18.0 Å². The lowest BCUT2D eigenvalue weighted by atomic mass is 10.2. The van der Waals surface area contributed by atoms with Crippen molar-refractivity contribution in [1.29, 1.82) is 0 Å². The quantitative estimate of drug-likeness (QED) is 0.816. The first-order valence-corrected chi connectivity index (χ1v) is 7.27. The molecule has 2 fully saturated rings. The average Bonchev–Trinajstić information content (AvgIpc) is 2.98. The maximum Gasteiger partial charge on any atom is 0.410 e. The summed E-state index contributed by atoms with van der Waals surface area (Å²) in [6.07, 6.45) is 0.179. The van der Waals surface area contributed by atoms with E-state index in [0.29, 0.717) is 39.2 Å². The van der Waals surface area contributed by atoms with E-state index in [1.165, 1.54) is 0 Å². The SMILES string of the molecule is Cc1cc(C)n(CCC(=O)N2CCN3C(=O)OCC3C2)n1.